The van der Waals surface area contributed by atoms with E-state index in [0.29, 0.717) is 12.0 Å². The summed E-state index contributed by atoms with van der Waals surface area (Å²) in [6, 6.07) is 5.74. The fourth-order valence-corrected chi connectivity index (χ4v) is 3.30. The van der Waals surface area contributed by atoms with Gasteiger partial charge >= 0.3 is 5.97 Å². The van der Waals surface area contributed by atoms with Gasteiger partial charge in [-0.05, 0) is 54.1 Å². The quantitative estimate of drug-likeness (QED) is 0.365. The summed E-state index contributed by atoms with van der Waals surface area (Å²) in [7, 11) is 1.66. The highest BCUT2D eigenvalue weighted by molar-refractivity contribution is 14.1. The van der Waals surface area contributed by atoms with E-state index in [4.69, 9.17) is 9.47 Å². The highest BCUT2D eigenvalue weighted by Crippen LogP contribution is 2.23. The van der Waals surface area contributed by atoms with Crippen LogP contribution in [0.5, 0.6) is 0 Å². The fraction of sp³-hybridized carbons (Fsp3) is 0.444. The van der Waals surface area contributed by atoms with Gasteiger partial charge in [0.25, 0.3) is 0 Å². The maximum Gasteiger partial charge on any atom is 0.343 e. The van der Waals surface area contributed by atoms with E-state index >= 15 is 0 Å². The summed E-state index contributed by atoms with van der Waals surface area (Å²) in [5.74, 6) is -0.579. The number of carbonyl (C=O) groups is 1. The molecule has 2 rings (SSSR count). The maximum absolute atomic E-state index is 12.7. The normalized spacial score (nSPS) is 11.8. The molecule has 1 atom stereocenters. The highest BCUT2D eigenvalue weighted by atomic mass is 127. The zero-order valence-corrected chi connectivity index (χ0v) is 18.9. The van der Waals surface area contributed by atoms with Crippen molar-refractivity contribution in [2.75, 3.05) is 20.3 Å². The van der Waals surface area contributed by atoms with Crippen LogP contribution >= 0.6 is 22.6 Å². The first-order valence-electron chi connectivity index (χ1n) is 8.03. The van der Waals surface area contributed by atoms with E-state index in [2.05, 4.69) is 29.5 Å². The molecule has 1 unspecified atom stereocenters. The summed E-state index contributed by atoms with van der Waals surface area (Å²) in [6.45, 7) is 4.58. The summed E-state index contributed by atoms with van der Waals surface area (Å²) in [5, 5.41) is 0.532. The van der Waals surface area contributed by atoms with Gasteiger partial charge in [0.05, 0.1) is 24.8 Å². The van der Waals surface area contributed by atoms with E-state index in [1.807, 2.05) is 22.8 Å². The van der Waals surface area contributed by atoms with E-state index in [9.17, 15) is 9.59 Å². The van der Waals surface area contributed by atoms with Crippen molar-refractivity contribution < 1.29 is 38.2 Å². The van der Waals surface area contributed by atoms with Gasteiger partial charge in [0.2, 0.25) is 5.43 Å². The van der Waals surface area contributed by atoms with Crippen LogP contribution in [-0.4, -0.2) is 30.9 Å². The second-order valence-electron chi connectivity index (χ2n) is 5.56. The Balaban J connectivity index is 0.00000312. The molecule has 5 nitrogen and oxygen atoms in total. The van der Waals surface area contributed by atoms with Gasteiger partial charge in [-0.25, -0.2) is 4.79 Å². The van der Waals surface area contributed by atoms with Gasteiger partial charge < -0.3 is 38.0 Å². The molecule has 0 fully saturated rings. The standard InChI is InChI=1S/C18H22INO4.HI/c1-4-6-13(11-23-3)20-10-15(18(22)24-5-2)17(21)14-9-12(19)7-8-16(14)20;/h7-10,13H,4-6,11H2,1-3H3;1H/p-1. The van der Waals surface area contributed by atoms with E-state index in [1.54, 1.807) is 20.2 Å². The van der Waals surface area contributed by atoms with Gasteiger partial charge in [0.15, 0.2) is 0 Å². The average molecular weight is 570 g/mol. The van der Waals surface area contributed by atoms with Crippen LogP contribution in [0.1, 0.15) is 43.1 Å². The predicted molar refractivity (Wildman–Crippen MR) is 103 cm³/mol. The minimum Gasteiger partial charge on any atom is -1.00 e. The first-order chi connectivity index (χ1) is 11.5. The molecule has 0 aliphatic rings. The zero-order chi connectivity index (χ0) is 17.7. The smallest absolute Gasteiger partial charge is 0.343 e. The first-order valence-corrected chi connectivity index (χ1v) is 9.11. The van der Waals surface area contributed by atoms with Crippen LogP contribution in [0.25, 0.3) is 10.9 Å². The number of ether oxygens (including phenoxy) is 2. The van der Waals surface area contributed by atoms with E-state index < -0.39 is 5.97 Å². The van der Waals surface area contributed by atoms with Crippen LogP contribution < -0.4 is 29.4 Å². The summed E-state index contributed by atoms with van der Waals surface area (Å²) in [6.07, 6.45) is 3.48. The van der Waals surface area contributed by atoms with E-state index in [0.717, 1.165) is 21.9 Å². The number of esters is 1. The Morgan fingerprint density at radius 3 is 2.64 bits per heavy atom. The number of carbonyl (C=O) groups excluding carboxylic acids is 1. The third-order valence-electron chi connectivity index (χ3n) is 3.86. The SMILES string of the molecule is CCCC(COC)n1cc(C(=O)OCC)c(=O)c2cc(I)ccc21.[I-]. The van der Waals surface area contributed by atoms with Crippen LogP contribution in [0.2, 0.25) is 0 Å². The molecule has 138 valence electrons. The van der Waals surface area contributed by atoms with Crippen LogP contribution in [0, 0.1) is 3.57 Å². The third-order valence-corrected chi connectivity index (χ3v) is 4.53. The number of fused-ring (bicyclic) bond motifs is 1. The van der Waals surface area contributed by atoms with Crippen molar-refractivity contribution in [3.8, 4) is 0 Å². The Bertz CT molecular complexity index is 782. The van der Waals surface area contributed by atoms with Gasteiger partial charge in [0.1, 0.15) is 5.56 Å². The number of pyridine rings is 1. The van der Waals surface area contributed by atoms with Gasteiger partial charge in [-0.15, -0.1) is 0 Å². The molecule has 0 radical (unpaired) electrons. The molecule has 0 aliphatic heterocycles. The van der Waals surface area contributed by atoms with E-state index in [-0.39, 0.29) is 47.6 Å². The molecule has 0 bridgehead atoms. The Kier molecular flexibility index (Phi) is 9.36. The van der Waals surface area contributed by atoms with Crippen molar-refractivity contribution in [2.45, 2.75) is 32.7 Å². The van der Waals surface area contributed by atoms with Gasteiger partial charge in [-0.3, -0.25) is 4.79 Å². The molecule has 0 amide bonds. The second-order valence-corrected chi connectivity index (χ2v) is 6.80. The molecule has 1 heterocycles. The second kappa shape index (κ2) is 10.5. The third kappa shape index (κ3) is 5.16. The Labute approximate surface area is 178 Å². The maximum atomic E-state index is 12.7. The average Bonchev–Trinajstić information content (AvgIpc) is 2.55. The lowest BCUT2D eigenvalue weighted by molar-refractivity contribution is -0.0000233. The van der Waals surface area contributed by atoms with Gasteiger partial charge in [0, 0.05) is 22.3 Å². The molecular formula is C18H22I2NO4-. The highest BCUT2D eigenvalue weighted by Gasteiger charge is 2.20. The molecule has 0 spiro atoms. The Morgan fingerprint density at radius 1 is 1.32 bits per heavy atom. The number of aromatic nitrogens is 1. The molecule has 2 aromatic rings. The van der Waals surface area contributed by atoms with Crippen molar-refractivity contribution >= 4 is 39.5 Å². The van der Waals surface area contributed by atoms with Crippen LogP contribution in [0.15, 0.2) is 29.2 Å². The molecule has 0 N–H and O–H groups in total. The topological polar surface area (TPSA) is 57.5 Å². The first kappa shape index (κ1) is 22.4. The van der Waals surface area contributed by atoms with Crippen molar-refractivity contribution in [3.05, 3.63) is 43.8 Å². The summed E-state index contributed by atoms with van der Waals surface area (Å²) < 4.78 is 13.3. The summed E-state index contributed by atoms with van der Waals surface area (Å²) in [5.41, 5.74) is 0.596. The van der Waals surface area contributed by atoms with Gasteiger partial charge in [-0.2, -0.15) is 0 Å². The minimum absolute atomic E-state index is 0. The number of rotatable bonds is 7. The number of benzene rings is 1. The van der Waals surface area contributed by atoms with Crippen LogP contribution in [-0.2, 0) is 9.47 Å². The number of methoxy groups -OCH3 is 1. The lowest BCUT2D eigenvalue weighted by Gasteiger charge is -2.22. The summed E-state index contributed by atoms with van der Waals surface area (Å²) in [4.78, 5) is 25.0. The molecule has 1 aromatic heterocycles. The largest absolute Gasteiger partial charge is 1.00 e. The van der Waals surface area contributed by atoms with E-state index in [1.165, 1.54) is 0 Å². The van der Waals surface area contributed by atoms with Crippen molar-refractivity contribution in [1.82, 2.24) is 4.57 Å². The zero-order valence-electron chi connectivity index (χ0n) is 14.6. The van der Waals surface area contributed by atoms with Crippen molar-refractivity contribution in [3.63, 3.8) is 0 Å². The number of hydrogen-bond acceptors (Lipinski definition) is 4. The Morgan fingerprint density at radius 2 is 2.04 bits per heavy atom. The monoisotopic (exact) mass is 570 g/mol. The number of halogens is 2. The molecular weight excluding hydrogens is 548 g/mol. The van der Waals surface area contributed by atoms with Crippen LogP contribution in [0.3, 0.4) is 0 Å². The number of nitrogens with zero attached hydrogens (tertiary/aromatic N) is 1. The predicted octanol–water partition coefficient (Wildman–Crippen LogP) is 0.774. The molecule has 0 saturated heterocycles. The number of hydrogen-bond donors (Lipinski definition) is 0. The Hall–Kier alpha value is -0.680. The van der Waals surface area contributed by atoms with Gasteiger partial charge in [-0.1, -0.05) is 13.3 Å². The summed E-state index contributed by atoms with van der Waals surface area (Å²) >= 11 is 2.16. The fourth-order valence-electron chi connectivity index (χ4n) is 2.81. The molecule has 1 aromatic carbocycles. The molecule has 7 heteroatoms. The molecule has 25 heavy (non-hydrogen) atoms. The molecule has 0 saturated carbocycles. The molecule has 0 aliphatic carbocycles. The lowest BCUT2D eigenvalue weighted by atomic mass is 10.1. The van der Waals surface area contributed by atoms with Crippen molar-refractivity contribution in [2.24, 2.45) is 0 Å². The lowest BCUT2D eigenvalue weighted by Crippen LogP contribution is -3.00. The van der Waals surface area contributed by atoms with Crippen molar-refractivity contribution in [1.29, 1.82) is 0 Å². The van der Waals surface area contributed by atoms with Crippen LogP contribution in [0.4, 0.5) is 0 Å². The minimum atomic E-state index is -0.579.